The first kappa shape index (κ1) is 9.09. The predicted octanol–water partition coefficient (Wildman–Crippen LogP) is 2.19. The number of methoxy groups -OCH3 is 1. The fourth-order valence-electron chi connectivity index (χ4n) is 1.42. The van der Waals surface area contributed by atoms with Crippen molar-refractivity contribution in [1.29, 1.82) is 0 Å². The van der Waals surface area contributed by atoms with E-state index in [2.05, 4.69) is 11.4 Å². The lowest BCUT2D eigenvalue weighted by Crippen LogP contribution is -2.23. The summed E-state index contributed by atoms with van der Waals surface area (Å²) >= 11 is 3.52. The van der Waals surface area contributed by atoms with Gasteiger partial charge in [-0.1, -0.05) is 0 Å². The molecule has 1 atom stereocenters. The number of ether oxygens (including phenoxy) is 1. The van der Waals surface area contributed by atoms with E-state index < -0.39 is 0 Å². The number of carbonyl (C=O) groups excluding carboxylic acids is 1. The smallest absolute Gasteiger partial charge is 0.309 e. The maximum Gasteiger partial charge on any atom is 0.309 e. The van der Waals surface area contributed by atoms with Crippen LogP contribution in [0.1, 0.15) is 5.56 Å². The molecule has 13 heavy (non-hydrogen) atoms. The maximum absolute atomic E-state index is 11.3. The van der Waals surface area contributed by atoms with Gasteiger partial charge in [0.2, 0.25) is 0 Å². The molecule has 0 radical (unpaired) electrons. The molecule has 0 aromatic carbocycles. The second kappa shape index (κ2) is 3.72. The lowest BCUT2D eigenvalue weighted by Gasteiger charge is -2.18. The summed E-state index contributed by atoms with van der Waals surface area (Å²) in [6.07, 6.45) is 0.846. The minimum Gasteiger partial charge on any atom is -0.469 e. The van der Waals surface area contributed by atoms with E-state index >= 15 is 0 Å². The summed E-state index contributed by atoms with van der Waals surface area (Å²) in [6.45, 7) is 0. The van der Waals surface area contributed by atoms with Gasteiger partial charge in [-0.3, -0.25) is 4.79 Å². The Labute approximate surface area is 85.3 Å². The third-order valence-electron chi connectivity index (χ3n) is 2.12. The van der Waals surface area contributed by atoms with Gasteiger partial charge in [-0.15, -0.1) is 23.1 Å². The predicted molar refractivity (Wildman–Crippen MR) is 54.3 cm³/mol. The summed E-state index contributed by atoms with van der Waals surface area (Å²) in [6, 6.07) is 2.10. The maximum atomic E-state index is 11.3. The van der Waals surface area contributed by atoms with Crippen molar-refractivity contribution in [2.75, 3.05) is 12.9 Å². The summed E-state index contributed by atoms with van der Waals surface area (Å²) in [4.78, 5) is 11.3. The van der Waals surface area contributed by atoms with E-state index in [1.54, 1.807) is 23.1 Å². The van der Waals surface area contributed by atoms with E-state index in [9.17, 15) is 4.79 Å². The lowest BCUT2D eigenvalue weighted by atomic mass is 10.0. The van der Waals surface area contributed by atoms with E-state index in [0.29, 0.717) is 0 Å². The highest BCUT2D eigenvalue weighted by Crippen LogP contribution is 2.37. The molecular weight excluding hydrogens is 204 g/mol. The Morgan fingerprint density at radius 1 is 1.69 bits per heavy atom. The zero-order valence-corrected chi connectivity index (χ0v) is 8.91. The average molecular weight is 214 g/mol. The number of thioether (sulfide) groups is 1. The Bertz CT molecular complexity index is 319. The van der Waals surface area contributed by atoms with Crippen LogP contribution in [0.2, 0.25) is 0 Å². The molecule has 1 aromatic rings. The molecule has 1 aromatic heterocycles. The van der Waals surface area contributed by atoms with Crippen molar-refractivity contribution < 1.29 is 9.53 Å². The monoisotopic (exact) mass is 214 g/mol. The zero-order chi connectivity index (χ0) is 9.26. The molecule has 0 saturated heterocycles. The van der Waals surface area contributed by atoms with Gasteiger partial charge in [-0.2, -0.15) is 0 Å². The fraction of sp³-hybridized carbons (Fsp3) is 0.444. The zero-order valence-electron chi connectivity index (χ0n) is 7.28. The molecule has 4 heteroatoms. The van der Waals surface area contributed by atoms with E-state index in [1.807, 2.05) is 0 Å². The number of carbonyl (C=O) groups is 1. The van der Waals surface area contributed by atoms with Crippen LogP contribution >= 0.6 is 23.1 Å². The number of thiophene rings is 1. The van der Waals surface area contributed by atoms with Gasteiger partial charge < -0.3 is 4.74 Å². The van der Waals surface area contributed by atoms with Crippen LogP contribution in [0.5, 0.6) is 0 Å². The first-order valence-corrected chi connectivity index (χ1v) is 5.95. The van der Waals surface area contributed by atoms with Crippen molar-refractivity contribution in [3.8, 4) is 0 Å². The van der Waals surface area contributed by atoms with Crippen LogP contribution < -0.4 is 0 Å². The third kappa shape index (κ3) is 1.74. The molecule has 1 aliphatic heterocycles. The van der Waals surface area contributed by atoms with Crippen molar-refractivity contribution in [2.45, 2.75) is 10.6 Å². The van der Waals surface area contributed by atoms with Crippen molar-refractivity contribution in [3.05, 3.63) is 17.0 Å². The molecule has 0 fully saturated rings. The van der Waals surface area contributed by atoms with Crippen molar-refractivity contribution >= 4 is 29.1 Å². The van der Waals surface area contributed by atoms with Crippen LogP contribution in [-0.2, 0) is 16.0 Å². The van der Waals surface area contributed by atoms with Crippen LogP contribution in [0.25, 0.3) is 0 Å². The Balaban J connectivity index is 2.13. The highest BCUT2D eigenvalue weighted by Gasteiger charge is 2.26. The summed E-state index contributed by atoms with van der Waals surface area (Å²) in [5.74, 6) is 0.835. The third-order valence-corrected chi connectivity index (χ3v) is 4.61. The van der Waals surface area contributed by atoms with Gasteiger partial charge in [0.1, 0.15) is 0 Å². The number of rotatable bonds is 1. The first-order valence-electron chi connectivity index (χ1n) is 4.08. The van der Waals surface area contributed by atoms with Crippen molar-refractivity contribution in [2.24, 2.45) is 5.92 Å². The van der Waals surface area contributed by atoms with Gasteiger partial charge in [0.05, 0.1) is 17.2 Å². The van der Waals surface area contributed by atoms with Crippen LogP contribution in [0, 0.1) is 5.92 Å². The van der Waals surface area contributed by atoms with Gasteiger partial charge in [0.15, 0.2) is 0 Å². The van der Waals surface area contributed by atoms with Gasteiger partial charge in [-0.25, -0.2) is 0 Å². The number of hydrogen-bond donors (Lipinski definition) is 0. The molecule has 0 N–H and O–H groups in total. The topological polar surface area (TPSA) is 26.3 Å². The second-order valence-corrected chi connectivity index (χ2v) is 5.17. The molecule has 1 aliphatic rings. The van der Waals surface area contributed by atoms with E-state index in [0.717, 1.165) is 12.2 Å². The summed E-state index contributed by atoms with van der Waals surface area (Å²) in [5.41, 5.74) is 1.30. The summed E-state index contributed by atoms with van der Waals surface area (Å²) < 4.78 is 6.09. The highest BCUT2D eigenvalue weighted by molar-refractivity contribution is 8.01. The van der Waals surface area contributed by atoms with Gasteiger partial charge in [-0.05, 0) is 23.4 Å². The Kier molecular flexibility index (Phi) is 2.60. The summed E-state index contributed by atoms with van der Waals surface area (Å²) in [7, 11) is 1.45. The largest absolute Gasteiger partial charge is 0.469 e. The van der Waals surface area contributed by atoms with Crippen molar-refractivity contribution in [1.82, 2.24) is 0 Å². The molecule has 2 rings (SSSR count). The Morgan fingerprint density at radius 2 is 2.54 bits per heavy atom. The van der Waals surface area contributed by atoms with Crippen LogP contribution in [0.4, 0.5) is 0 Å². The molecule has 0 amide bonds. The average Bonchev–Trinajstić information content (AvgIpc) is 2.63. The van der Waals surface area contributed by atoms with E-state index in [-0.39, 0.29) is 11.9 Å². The highest BCUT2D eigenvalue weighted by atomic mass is 32.2. The van der Waals surface area contributed by atoms with E-state index in [1.165, 1.54) is 16.9 Å². The Hall–Kier alpha value is -0.480. The van der Waals surface area contributed by atoms with E-state index in [4.69, 9.17) is 4.74 Å². The SMILES string of the molecule is COC(=O)C1CSc2sccc2C1. The van der Waals surface area contributed by atoms with Crippen LogP contribution in [-0.4, -0.2) is 18.8 Å². The molecule has 2 heterocycles. The van der Waals surface area contributed by atoms with Gasteiger partial charge in [0.25, 0.3) is 0 Å². The Morgan fingerprint density at radius 3 is 3.31 bits per heavy atom. The molecule has 2 nitrogen and oxygen atoms in total. The molecule has 0 bridgehead atoms. The minimum absolute atomic E-state index is 0.0529. The molecule has 70 valence electrons. The van der Waals surface area contributed by atoms with Crippen LogP contribution in [0.3, 0.4) is 0 Å². The van der Waals surface area contributed by atoms with Gasteiger partial charge in [0, 0.05) is 5.75 Å². The quantitative estimate of drug-likeness (QED) is 0.670. The number of hydrogen-bond acceptors (Lipinski definition) is 4. The second-order valence-electron chi connectivity index (χ2n) is 2.97. The fourth-order valence-corrected chi connectivity index (χ4v) is 3.66. The molecule has 0 spiro atoms. The molecular formula is C9H10O2S2. The number of fused-ring (bicyclic) bond motifs is 1. The van der Waals surface area contributed by atoms with Crippen molar-refractivity contribution in [3.63, 3.8) is 0 Å². The lowest BCUT2D eigenvalue weighted by molar-refractivity contribution is -0.144. The minimum atomic E-state index is -0.0793. The van der Waals surface area contributed by atoms with Gasteiger partial charge >= 0.3 is 5.97 Å². The molecule has 0 saturated carbocycles. The number of esters is 1. The summed E-state index contributed by atoms with van der Waals surface area (Å²) in [5, 5.41) is 2.08. The first-order chi connectivity index (χ1) is 6.31. The van der Waals surface area contributed by atoms with Crippen LogP contribution in [0.15, 0.2) is 15.7 Å². The standard InChI is InChI=1S/C9H10O2S2/c1-11-8(10)7-4-6-2-3-12-9(6)13-5-7/h2-3,7H,4-5H2,1H3. The normalized spacial score (nSPS) is 20.8. The molecule has 1 unspecified atom stereocenters. The molecule has 0 aliphatic carbocycles.